The van der Waals surface area contributed by atoms with Crippen molar-refractivity contribution in [3.63, 3.8) is 0 Å². The van der Waals surface area contributed by atoms with Crippen molar-refractivity contribution in [2.24, 2.45) is 46.3 Å². The Hall–Kier alpha value is -0.340. The van der Waals surface area contributed by atoms with Crippen molar-refractivity contribution in [3.05, 3.63) is 11.6 Å². The van der Waals surface area contributed by atoms with Crippen molar-refractivity contribution in [2.45, 2.75) is 104 Å². The zero-order valence-corrected chi connectivity index (χ0v) is 19.5. The highest BCUT2D eigenvalue weighted by Crippen LogP contribution is 2.67. The quantitative estimate of drug-likeness (QED) is 0.507. The van der Waals surface area contributed by atoms with Crippen LogP contribution in [-0.4, -0.2) is 22.9 Å². The molecule has 0 spiro atoms. The fraction of sp³-hybridized carbons (Fsp3) is 0.926. The van der Waals surface area contributed by atoms with E-state index in [9.17, 15) is 10.2 Å². The van der Waals surface area contributed by atoms with Crippen LogP contribution in [0.25, 0.3) is 0 Å². The molecule has 3 fully saturated rings. The maximum absolute atomic E-state index is 10.2. The summed E-state index contributed by atoms with van der Waals surface area (Å²) >= 11 is 0. The van der Waals surface area contributed by atoms with Crippen molar-refractivity contribution in [3.8, 4) is 0 Å². The molecule has 4 aliphatic rings. The standard InChI is InChI=1S/C27H46O2/c1-18(17-28)6-5-7-19(2)23-10-11-24-22-9-8-20-16-21(29)12-14-26(20,3)25(22)13-15-27(23,24)4/h8,18-19,21-25,28-29H,5-7,9-17H2,1-4H3/t18-,19+,21-,22+,23+,24+,25+,26-,27+/m0/s1. The minimum Gasteiger partial charge on any atom is -0.396 e. The lowest BCUT2D eigenvalue weighted by Crippen LogP contribution is -2.50. The van der Waals surface area contributed by atoms with Crippen LogP contribution >= 0.6 is 0 Å². The van der Waals surface area contributed by atoms with Gasteiger partial charge in [0.2, 0.25) is 0 Å². The largest absolute Gasteiger partial charge is 0.396 e. The molecular weight excluding hydrogens is 356 g/mol. The van der Waals surface area contributed by atoms with Crippen LogP contribution in [-0.2, 0) is 0 Å². The molecule has 0 aromatic carbocycles. The Kier molecular flexibility index (Phi) is 6.26. The van der Waals surface area contributed by atoms with E-state index >= 15 is 0 Å². The first-order chi connectivity index (χ1) is 13.8. The fourth-order valence-corrected chi connectivity index (χ4v) is 8.70. The average Bonchev–Trinajstić information content (AvgIpc) is 3.05. The average molecular weight is 403 g/mol. The molecule has 4 rings (SSSR count). The lowest BCUT2D eigenvalue weighted by molar-refractivity contribution is -0.0573. The first-order valence-electron chi connectivity index (χ1n) is 12.8. The lowest BCUT2D eigenvalue weighted by atomic mass is 9.47. The summed E-state index contributed by atoms with van der Waals surface area (Å²) in [6, 6.07) is 0. The van der Waals surface area contributed by atoms with E-state index in [0.717, 1.165) is 42.4 Å². The third kappa shape index (κ3) is 3.75. The Bertz CT molecular complexity index is 612. The van der Waals surface area contributed by atoms with E-state index in [1.165, 1.54) is 57.8 Å². The maximum atomic E-state index is 10.2. The van der Waals surface area contributed by atoms with Gasteiger partial charge in [-0.25, -0.2) is 0 Å². The van der Waals surface area contributed by atoms with Crippen LogP contribution in [0.2, 0.25) is 0 Å². The van der Waals surface area contributed by atoms with Crippen LogP contribution < -0.4 is 0 Å². The van der Waals surface area contributed by atoms with Gasteiger partial charge in [-0.1, -0.05) is 52.2 Å². The summed E-state index contributed by atoms with van der Waals surface area (Å²) in [4.78, 5) is 0. The van der Waals surface area contributed by atoms with E-state index in [-0.39, 0.29) is 6.10 Å². The first kappa shape index (κ1) is 21.9. The van der Waals surface area contributed by atoms with Crippen LogP contribution in [0.15, 0.2) is 11.6 Å². The normalized spacial score (nSPS) is 46.3. The van der Waals surface area contributed by atoms with Gasteiger partial charge in [0.25, 0.3) is 0 Å². The minimum absolute atomic E-state index is 0.0926. The van der Waals surface area contributed by atoms with Crippen molar-refractivity contribution < 1.29 is 10.2 Å². The number of fused-ring (bicyclic) bond motifs is 5. The highest BCUT2D eigenvalue weighted by Gasteiger charge is 2.59. The van der Waals surface area contributed by atoms with E-state index in [2.05, 4.69) is 33.8 Å². The molecule has 0 radical (unpaired) electrons. The molecule has 2 heteroatoms. The zero-order valence-electron chi connectivity index (χ0n) is 19.5. The molecule has 166 valence electrons. The third-order valence-corrected chi connectivity index (χ3v) is 10.5. The van der Waals surface area contributed by atoms with Gasteiger partial charge in [-0.15, -0.1) is 0 Å². The number of hydrogen-bond donors (Lipinski definition) is 2. The number of allylic oxidation sites excluding steroid dienone is 1. The van der Waals surface area contributed by atoms with E-state index < -0.39 is 0 Å². The Morgan fingerprint density at radius 2 is 1.83 bits per heavy atom. The highest BCUT2D eigenvalue weighted by atomic mass is 16.3. The van der Waals surface area contributed by atoms with Gasteiger partial charge in [0, 0.05) is 6.61 Å². The summed E-state index contributed by atoms with van der Waals surface area (Å²) in [5, 5.41) is 19.5. The van der Waals surface area contributed by atoms with Crippen LogP contribution in [0.3, 0.4) is 0 Å². The summed E-state index contributed by atoms with van der Waals surface area (Å²) < 4.78 is 0. The molecule has 4 aliphatic carbocycles. The van der Waals surface area contributed by atoms with Crippen molar-refractivity contribution in [2.75, 3.05) is 6.61 Å². The summed E-state index contributed by atoms with van der Waals surface area (Å²) in [5.41, 5.74) is 2.51. The molecule has 0 bridgehead atoms. The van der Waals surface area contributed by atoms with Gasteiger partial charge in [0.05, 0.1) is 6.10 Å². The van der Waals surface area contributed by atoms with E-state index in [1.807, 2.05) is 0 Å². The monoisotopic (exact) mass is 402 g/mol. The molecule has 9 atom stereocenters. The van der Waals surface area contributed by atoms with E-state index in [1.54, 1.807) is 5.57 Å². The predicted molar refractivity (Wildman–Crippen MR) is 120 cm³/mol. The Labute approximate surface area is 179 Å². The SMILES string of the molecule is C[C@H](CO)CCC[C@@H](C)[C@H]1CC[C@@H]2[C@H]3CC=C4C[C@@H](O)CC[C@]4(C)[C@@H]3CC[C@@]21C. The third-order valence-electron chi connectivity index (χ3n) is 10.5. The smallest absolute Gasteiger partial charge is 0.0577 e. The zero-order chi connectivity index (χ0) is 20.8. The Morgan fingerprint density at radius 1 is 1.03 bits per heavy atom. The molecule has 0 aliphatic heterocycles. The van der Waals surface area contributed by atoms with Crippen LogP contribution in [0.1, 0.15) is 98.3 Å². The summed E-state index contributed by atoms with van der Waals surface area (Å²) in [6.45, 7) is 10.2. The van der Waals surface area contributed by atoms with Crippen LogP contribution in [0.4, 0.5) is 0 Å². The summed E-state index contributed by atoms with van der Waals surface area (Å²) in [7, 11) is 0. The number of rotatable bonds is 6. The molecule has 0 saturated heterocycles. The minimum atomic E-state index is -0.0926. The lowest BCUT2D eigenvalue weighted by Gasteiger charge is -2.58. The van der Waals surface area contributed by atoms with Gasteiger partial charge in [-0.3, -0.25) is 0 Å². The van der Waals surface area contributed by atoms with Gasteiger partial charge >= 0.3 is 0 Å². The van der Waals surface area contributed by atoms with Gasteiger partial charge < -0.3 is 10.2 Å². The van der Waals surface area contributed by atoms with Crippen molar-refractivity contribution >= 4 is 0 Å². The highest BCUT2D eigenvalue weighted by molar-refractivity contribution is 5.25. The molecule has 0 aromatic rings. The maximum Gasteiger partial charge on any atom is 0.0577 e. The summed E-state index contributed by atoms with van der Waals surface area (Å²) in [5.74, 6) is 4.82. The second-order valence-corrected chi connectivity index (χ2v) is 12.1. The Balaban J connectivity index is 1.46. The Morgan fingerprint density at radius 3 is 2.59 bits per heavy atom. The predicted octanol–water partition coefficient (Wildman–Crippen LogP) is 6.36. The molecule has 2 nitrogen and oxygen atoms in total. The molecule has 29 heavy (non-hydrogen) atoms. The summed E-state index contributed by atoms with van der Waals surface area (Å²) in [6.07, 6.45) is 16.4. The molecule has 0 heterocycles. The van der Waals surface area contributed by atoms with E-state index in [4.69, 9.17) is 0 Å². The molecule has 0 aromatic heterocycles. The molecule has 0 amide bonds. The second kappa shape index (κ2) is 8.30. The van der Waals surface area contributed by atoms with Gasteiger partial charge in [0.15, 0.2) is 0 Å². The van der Waals surface area contributed by atoms with Gasteiger partial charge in [-0.2, -0.15) is 0 Å². The topological polar surface area (TPSA) is 40.5 Å². The van der Waals surface area contributed by atoms with Gasteiger partial charge in [-0.05, 0) is 104 Å². The fourth-order valence-electron chi connectivity index (χ4n) is 8.70. The molecule has 0 unspecified atom stereocenters. The molecule has 3 saturated carbocycles. The number of aliphatic hydroxyl groups is 2. The van der Waals surface area contributed by atoms with Crippen LogP contribution in [0.5, 0.6) is 0 Å². The van der Waals surface area contributed by atoms with E-state index in [0.29, 0.717) is 23.4 Å². The van der Waals surface area contributed by atoms with Crippen LogP contribution in [0, 0.1) is 46.3 Å². The van der Waals surface area contributed by atoms with Gasteiger partial charge in [0.1, 0.15) is 0 Å². The number of hydrogen-bond acceptors (Lipinski definition) is 2. The first-order valence-corrected chi connectivity index (χ1v) is 12.8. The number of aliphatic hydroxyl groups excluding tert-OH is 2. The van der Waals surface area contributed by atoms with Crippen molar-refractivity contribution in [1.82, 2.24) is 0 Å². The molecular formula is C27H46O2. The molecule has 2 N–H and O–H groups in total. The second-order valence-electron chi connectivity index (χ2n) is 12.1. The van der Waals surface area contributed by atoms with Crippen molar-refractivity contribution in [1.29, 1.82) is 0 Å².